The highest BCUT2D eigenvalue weighted by molar-refractivity contribution is 5.45. The molecule has 0 saturated carbocycles. The van der Waals surface area contributed by atoms with Gasteiger partial charge in [0.1, 0.15) is 0 Å². The second kappa shape index (κ2) is 6.21. The Morgan fingerprint density at radius 1 is 1.27 bits per heavy atom. The highest BCUT2D eigenvalue weighted by Gasteiger charge is 2.19. The lowest BCUT2D eigenvalue weighted by Gasteiger charge is -2.08. The minimum absolute atomic E-state index is 0.135. The molecule has 6 nitrogen and oxygen atoms in total. The van der Waals surface area contributed by atoms with E-state index in [9.17, 15) is 10.1 Å². The molecule has 1 aromatic carbocycles. The monoisotopic (exact) mass is 299 g/mol. The molecule has 3 rings (SSSR count). The zero-order chi connectivity index (χ0) is 15.5. The fraction of sp³-hybridized carbons (Fsp3) is 0.312. The van der Waals surface area contributed by atoms with Gasteiger partial charge in [-0.1, -0.05) is 6.07 Å². The number of hydrogen-bond acceptors (Lipinski definition) is 5. The van der Waals surface area contributed by atoms with Crippen LogP contribution in [0.3, 0.4) is 0 Å². The first kappa shape index (κ1) is 14.6. The molecule has 0 amide bonds. The summed E-state index contributed by atoms with van der Waals surface area (Å²) in [7, 11) is 0. The number of aromatic nitrogens is 1. The third kappa shape index (κ3) is 3.66. The molecule has 2 heterocycles. The summed E-state index contributed by atoms with van der Waals surface area (Å²) in [5, 5.41) is 13.1. The van der Waals surface area contributed by atoms with Gasteiger partial charge in [-0.3, -0.25) is 19.9 Å². The first-order chi connectivity index (χ1) is 10.6. The summed E-state index contributed by atoms with van der Waals surface area (Å²) in [5.74, 6) is 0. The van der Waals surface area contributed by atoms with Crippen molar-refractivity contribution in [2.24, 2.45) is 0 Å². The van der Waals surface area contributed by atoms with Crippen LogP contribution < -0.4 is 0 Å². The summed E-state index contributed by atoms with van der Waals surface area (Å²) in [6.07, 6.45) is 2.25. The van der Waals surface area contributed by atoms with Gasteiger partial charge in [0.2, 0.25) is 0 Å². The summed E-state index contributed by atoms with van der Waals surface area (Å²) in [4.78, 5) is 20.6. The summed E-state index contributed by atoms with van der Waals surface area (Å²) >= 11 is 0. The Hall–Kier alpha value is -2.31. The third-order valence-corrected chi connectivity index (χ3v) is 3.53. The maximum Gasteiger partial charge on any atom is 0.272 e. The number of pyridine rings is 1. The van der Waals surface area contributed by atoms with Crippen LogP contribution in [0.4, 0.5) is 5.69 Å². The Morgan fingerprint density at radius 3 is 2.68 bits per heavy atom. The summed E-state index contributed by atoms with van der Waals surface area (Å²) in [5.41, 5.74) is 3.64. The van der Waals surface area contributed by atoms with Crippen molar-refractivity contribution in [1.82, 2.24) is 10.0 Å². The van der Waals surface area contributed by atoms with Crippen LogP contribution in [0.25, 0.3) is 0 Å². The summed E-state index contributed by atoms with van der Waals surface area (Å²) in [6.45, 7) is 4.26. The van der Waals surface area contributed by atoms with Crippen molar-refractivity contribution in [3.8, 4) is 0 Å². The minimum Gasteiger partial charge on any atom is -0.294 e. The Morgan fingerprint density at radius 2 is 2.05 bits per heavy atom. The Balaban J connectivity index is 1.82. The fourth-order valence-electron chi connectivity index (χ4n) is 2.21. The summed E-state index contributed by atoms with van der Waals surface area (Å²) in [6, 6.07) is 9.01. The highest BCUT2D eigenvalue weighted by atomic mass is 16.7. The van der Waals surface area contributed by atoms with E-state index in [2.05, 4.69) is 4.98 Å². The van der Waals surface area contributed by atoms with Crippen molar-refractivity contribution in [1.29, 1.82) is 0 Å². The van der Waals surface area contributed by atoms with Crippen LogP contribution in [0.2, 0.25) is 0 Å². The highest BCUT2D eigenvalue weighted by Crippen LogP contribution is 2.24. The van der Waals surface area contributed by atoms with Crippen LogP contribution in [-0.2, 0) is 17.9 Å². The summed E-state index contributed by atoms with van der Waals surface area (Å²) < 4.78 is 0. The van der Waals surface area contributed by atoms with Crippen LogP contribution in [-0.4, -0.2) is 28.1 Å². The van der Waals surface area contributed by atoms with Gasteiger partial charge in [0.25, 0.3) is 5.69 Å². The number of nitro benzene ring substituents is 1. The van der Waals surface area contributed by atoms with E-state index < -0.39 is 0 Å². The lowest BCUT2D eigenvalue weighted by Crippen LogP contribution is -2.02. The fourth-order valence-corrected chi connectivity index (χ4v) is 2.21. The second-order valence-corrected chi connectivity index (χ2v) is 5.41. The molecular weight excluding hydrogens is 282 g/mol. The van der Waals surface area contributed by atoms with Gasteiger partial charge in [-0.25, -0.2) is 0 Å². The average molecular weight is 299 g/mol. The maximum atomic E-state index is 11.2. The minimum atomic E-state index is -0.341. The van der Waals surface area contributed by atoms with Gasteiger partial charge in [0.05, 0.1) is 11.5 Å². The maximum absolute atomic E-state index is 11.2. The molecule has 0 aliphatic carbocycles. The van der Waals surface area contributed by atoms with Crippen LogP contribution in [0.15, 0.2) is 36.5 Å². The van der Waals surface area contributed by atoms with Crippen molar-refractivity contribution in [3.63, 3.8) is 0 Å². The average Bonchev–Trinajstić information content (AvgIpc) is 3.32. The van der Waals surface area contributed by atoms with Crippen molar-refractivity contribution in [2.75, 3.05) is 13.1 Å². The molecule has 0 spiro atoms. The zero-order valence-corrected chi connectivity index (χ0v) is 12.4. The number of nitrogens with zero attached hydrogens (tertiary/aromatic N) is 3. The van der Waals surface area contributed by atoms with E-state index in [4.69, 9.17) is 4.84 Å². The first-order valence-corrected chi connectivity index (χ1v) is 7.17. The van der Waals surface area contributed by atoms with Crippen molar-refractivity contribution >= 4 is 5.69 Å². The number of hydroxylamine groups is 2. The van der Waals surface area contributed by atoms with Crippen molar-refractivity contribution < 1.29 is 9.76 Å². The van der Waals surface area contributed by atoms with E-state index in [0.29, 0.717) is 18.6 Å². The van der Waals surface area contributed by atoms with Gasteiger partial charge >= 0.3 is 0 Å². The van der Waals surface area contributed by atoms with Gasteiger partial charge in [0, 0.05) is 43.0 Å². The molecule has 1 aliphatic rings. The van der Waals surface area contributed by atoms with Crippen LogP contribution in [0.1, 0.15) is 22.4 Å². The number of rotatable bonds is 6. The molecule has 2 aromatic rings. The van der Waals surface area contributed by atoms with E-state index in [1.54, 1.807) is 18.3 Å². The van der Waals surface area contributed by atoms with E-state index in [1.807, 2.05) is 30.2 Å². The van der Waals surface area contributed by atoms with Gasteiger partial charge < -0.3 is 0 Å². The van der Waals surface area contributed by atoms with Gasteiger partial charge in [-0.15, -0.1) is 0 Å². The van der Waals surface area contributed by atoms with Gasteiger partial charge in [-0.05, 0) is 36.2 Å². The molecule has 1 aliphatic heterocycles. The quantitative estimate of drug-likeness (QED) is 0.466. The molecule has 6 heteroatoms. The van der Waals surface area contributed by atoms with Gasteiger partial charge in [-0.2, -0.15) is 5.06 Å². The van der Waals surface area contributed by atoms with Crippen LogP contribution in [0, 0.1) is 17.0 Å². The molecule has 1 saturated heterocycles. The Bertz CT molecular complexity index is 682. The first-order valence-electron chi connectivity index (χ1n) is 7.17. The normalized spacial score (nSPS) is 14.0. The second-order valence-electron chi connectivity index (χ2n) is 5.41. The van der Waals surface area contributed by atoms with E-state index in [1.165, 1.54) is 0 Å². The van der Waals surface area contributed by atoms with Crippen molar-refractivity contribution in [2.45, 2.75) is 20.0 Å². The SMILES string of the molecule is Cc1ccc(Cc2cc(CON3CC3)ccc2[N+](=O)[O-])cn1. The van der Waals surface area contributed by atoms with Crippen LogP contribution in [0.5, 0.6) is 0 Å². The lowest BCUT2D eigenvalue weighted by molar-refractivity contribution is -0.385. The molecular formula is C16H17N3O3. The molecule has 1 fully saturated rings. The lowest BCUT2D eigenvalue weighted by atomic mass is 10.0. The molecule has 0 N–H and O–H groups in total. The standard InChI is InChI=1S/C16H17N3O3/c1-12-2-3-13(10-17-12)8-15-9-14(11-22-18-6-7-18)4-5-16(15)19(20)21/h2-5,9-10H,6-8,11H2,1H3. The molecule has 0 unspecified atom stereocenters. The molecule has 0 atom stereocenters. The predicted octanol–water partition coefficient (Wildman–Crippen LogP) is 2.64. The zero-order valence-electron chi connectivity index (χ0n) is 12.4. The molecule has 114 valence electrons. The van der Waals surface area contributed by atoms with Crippen LogP contribution >= 0.6 is 0 Å². The number of hydrogen-bond donors (Lipinski definition) is 0. The smallest absolute Gasteiger partial charge is 0.272 e. The molecule has 22 heavy (non-hydrogen) atoms. The molecule has 0 bridgehead atoms. The van der Waals surface area contributed by atoms with E-state index in [0.717, 1.165) is 29.9 Å². The predicted molar refractivity (Wildman–Crippen MR) is 81.2 cm³/mol. The third-order valence-electron chi connectivity index (χ3n) is 3.53. The Labute approximate surface area is 128 Å². The van der Waals surface area contributed by atoms with Crippen molar-refractivity contribution in [3.05, 3.63) is 69.0 Å². The molecule has 0 radical (unpaired) electrons. The van der Waals surface area contributed by atoms with E-state index in [-0.39, 0.29) is 10.6 Å². The Kier molecular flexibility index (Phi) is 4.13. The topological polar surface area (TPSA) is 68.3 Å². The largest absolute Gasteiger partial charge is 0.294 e. The number of aryl methyl sites for hydroxylation is 1. The number of nitro groups is 1. The van der Waals surface area contributed by atoms with Gasteiger partial charge in [0.15, 0.2) is 0 Å². The number of benzene rings is 1. The molecule has 1 aromatic heterocycles. The van der Waals surface area contributed by atoms with E-state index >= 15 is 0 Å².